The van der Waals surface area contributed by atoms with E-state index in [0.29, 0.717) is 29.0 Å². The smallest absolute Gasteiger partial charge is 0.262 e. The van der Waals surface area contributed by atoms with E-state index in [1.165, 1.54) is 0 Å². The molecule has 1 saturated carbocycles. The minimum absolute atomic E-state index is 0.121. The van der Waals surface area contributed by atoms with Gasteiger partial charge < -0.3 is 10.6 Å². The number of benzene rings is 1. The lowest BCUT2D eigenvalue weighted by Crippen LogP contribution is -2.54. The van der Waals surface area contributed by atoms with Gasteiger partial charge in [-0.1, -0.05) is 0 Å². The zero-order valence-corrected chi connectivity index (χ0v) is 15.4. The molecular weight excluding hydrogens is 360 g/mol. The first-order chi connectivity index (χ1) is 13.5. The van der Waals surface area contributed by atoms with E-state index in [0.717, 1.165) is 36.5 Å². The van der Waals surface area contributed by atoms with Gasteiger partial charge in [-0.15, -0.1) is 0 Å². The Bertz CT molecular complexity index is 886. The van der Waals surface area contributed by atoms with E-state index in [1.54, 1.807) is 12.1 Å². The first-order valence-electron chi connectivity index (χ1n) is 9.84. The van der Waals surface area contributed by atoms with E-state index >= 15 is 0 Å². The van der Waals surface area contributed by atoms with Gasteiger partial charge in [0.15, 0.2) is 0 Å². The number of hydrogen-bond donors (Lipinski definition) is 3. The summed E-state index contributed by atoms with van der Waals surface area (Å²) in [6.07, 6.45) is 2.49. The quantitative estimate of drug-likeness (QED) is 0.657. The standard InChI is InChI=1S/C20H22N4O4/c25-17-4-3-16(18(26)23-17)24-19(27)14-2-1-12(7-15(14)20(24)28)22-13-5-10-8-21-9-11(10)6-13/h1-2,7,10-11,13,16,21-22H,3-6,8-9H2,(H,23,25,26). The monoisotopic (exact) mass is 382 g/mol. The third-order valence-corrected chi connectivity index (χ3v) is 6.46. The fraction of sp³-hybridized carbons (Fsp3) is 0.500. The normalized spacial score (nSPS) is 31.8. The summed E-state index contributed by atoms with van der Waals surface area (Å²) in [5, 5.41) is 9.15. The van der Waals surface area contributed by atoms with Gasteiger partial charge in [0.2, 0.25) is 11.8 Å². The lowest BCUT2D eigenvalue weighted by Gasteiger charge is -2.27. The topological polar surface area (TPSA) is 108 Å². The number of fused-ring (bicyclic) bond motifs is 2. The summed E-state index contributed by atoms with van der Waals surface area (Å²) in [6, 6.07) is 4.64. The van der Waals surface area contributed by atoms with Crippen molar-refractivity contribution in [1.29, 1.82) is 0 Å². The second kappa shape index (κ2) is 6.41. The molecule has 3 unspecified atom stereocenters. The largest absolute Gasteiger partial charge is 0.382 e. The number of piperidine rings is 1. The molecule has 4 aliphatic rings. The maximum Gasteiger partial charge on any atom is 0.262 e. The first-order valence-corrected chi connectivity index (χ1v) is 9.84. The van der Waals surface area contributed by atoms with Gasteiger partial charge >= 0.3 is 0 Å². The van der Waals surface area contributed by atoms with Crippen molar-refractivity contribution in [2.75, 3.05) is 18.4 Å². The second-order valence-electron chi connectivity index (χ2n) is 8.20. The lowest BCUT2D eigenvalue weighted by molar-refractivity contribution is -0.136. The van der Waals surface area contributed by atoms with Crippen molar-refractivity contribution in [2.24, 2.45) is 11.8 Å². The van der Waals surface area contributed by atoms with Crippen molar-refractivity contribution in [1.82, 2.24) is 15.5 Å². The number of nitrogens with one attached hydrogen (secondary N) is 3. The molecule has 3 aliphatic heterocycles. The van der Waals surface area contributed by atoms with Crippen LogP contribution >= 0.6 is 0 Å². The van der Waals surface area contributed by atoms with Crippen molar-refractivity contribution >= 4 is 29.3 Å². The maximum atomic E-state index is 12.9. The molecule has 8 nitrogen and oxygen atoms in total. The molecule has 0 aromatic heterocycles. The number of nitrogens with zero attached hydrogens (tertiary/aromatic N) is 1. The van der Waals surface area contributed by atoms with E-state index in [4.69, 9.17) is 0 Å². The van der Waals surface area contributed by atoms with Gasteiger partial charge in [0, 0.05) is 18.2 Å². The molecule has 3 N–H and O–H groups in total. The predicted molar refractivity (Wildman–Crippen MR) is 99.6 cm³/mol. The van der Waals surface area contributed by atoms with Gasteiger partial charge in [-0.3, -0.25) is 29.4 Å². The summed E-state index contributed by atoms with van der Waals surface area (Å²) in [6.45, 7) is 2.14. The molecule has 0 radical (unpaired) electrons. The van der Waals surface area contributed by atoms with Crippen molar-refractivity contribution in [3.63, 3.8) is 0 Å². The maximum absolute atomic E-state index is 12.9. The summed E-state index contributed by atoms with van der Waals surface area (Å²) < 4.78 is 0. The molecular formula is C20H22N4O4. The third-order valence-electron chi connectivity index (χ3n) is 6.46. The number of anilines is 1. The molecule has 1 aliphatic carbocycles. The zero-order valence-electron chi connectivity index (χ0n) is 15.4. The SMILES string of the molecule is O=C1CCC(N2C(=O)c3ccc(NC4CC5CNCC5C4)cc3C2=O)C(=O)N1. The van der Waals surface area contributed by atoms with Crippen LogP contribution in [0.3, 0.4) is 0 Å². The van der Waals surface area contributed by atoms with Crippen LogP contribution in [0.2, 0.25) is 0 Å². The highest BCUT2D eigenvalue weighted by molar-refractivity contribution is 6.23. The van der Waals surface area contributed by atoms with Crippen LogP contribution in [0.4, 0.5) is 5.69 Å². The number of carbonyl (C=O) groups excluding carboxylic acids is 4. The third kappa shape index (κ3) is 2.71. The minimum Gasteiger partial charge on any atom is -0.382 e. The number of rotatable bonds is 3. The summed E-state index contributed by atoms with van der Waals surface area (Å²) in [5.41, 5.74) is 1.45. The molecule has 2 saturated heterocycles. The Morgan fingerprint density at radius 3 is 2.39 bits per heavy atom. The van der Waals surface area contributed by atoms with Gasteiger partial charge in [0.1, 0.15) is 6.04 Å². The van der Waals surface area contributed by atoms with E-state index < -0.39 is 23.8 Å². The summed E-state index contributed by atoms with van der Waals surface area (Å²) in [4.78, 5) is 50.1. The molecule has 4 amide bonds. The molecule has 8 heteroatoms. The van der Waals surface area contributed by atoms with Gasteiger partial charge in [-0.05, 0) is 62.4 Å². The van der Waals surface area contributed by atoms with Crippen molar-refractivity contribution < 1.29 is 19.2 Å². The molecule has 3 atom stereocenters. The first kappa shape index (κ1) is 17.4. The summed E-state index contributed by atoms with van der Waals surface area (Å²) in [5.74, 6) is -0.486. The van der Waals surface area contributed by atoms with Crippen molar-refractivity contribution in [2.45, 2.75) is 37.8 Å². The van der Waals surface area contributed by atoms with Crippen LogP contribution in [0.25, 0.3) is 0 Å². The van der Waals surface area contributed by atoms with Crippen LogP contribution in [0.1, 0.15) is 46.4 Å². The lowest BCUT2D eigenvalue weighted by atomic mass is 10.0. The van der Waals surface area contributed by atoms with Crippen LogP contribution in [0, 0.1) is 11.8 Å². The molecule has 28 heavy (non-hydrogen) atoms. The predicted octanol–water partition coefficient (Wildman–Crippen LogP) is 0.498. The average molecular weight is 382 g/mol. The minimum atomic E-state index is -0.928. The molecule has 0 spiro atoms. The van der Waals surface area contributed by atoms with Crippen LogP contribution < -0.4 is 16.0 Å². The number of hydrogen-bond acceptors (Lipinski definition) is 6. The fourth-order valence-corrected chi connectivity index (χ4v) is 5.08. The van der Waals surface area contributed by atoms with Crippen molar-refractivity contribution in [3.05, 3.63) is 29.3 Å². The van der Waals surface area contributed by atoms with E-state index in [1.807, 2.05) is 6.07 Å². The Morgan fingerprint density at radius 1 is 0.964 bits per heavy atom. The van der Waals surface area contributed by atoms with E-state index in [2.05, 4.69) is 16.0 Å². The number of amides is 4. The highest BCUT2D eigenvalue weighted by atomic mass is 16.2. The van der Waals surface area contributed by atoms with Gasteiger partial charge in [0.25, 0.3) is 11.8 Å². The Hall–Kier alpha value is -2.74. The highest BCUT2D eigenvalue weighted by Crippen LogP contribution is 2.36. The van der Waals surface area contributed by atoms with Crippen molar-refractivity contribution in [3.8, 4) is 0 Å². The average Bonchev–Trinajstić information content (AvgIpc) is 3.30. The molecule has 5 rings (SSSR count). The van der Waals surface area contributed by atoms with Crippen LogP contribution in [-0.4, -0.2) is 53.7 Å². The van der Waals surface area contributed by atoms with Gasteiger partial charge in [-0.2, -0.15) is 0 Å². The molecule has 146 valence electrons. The zero-order chi connectivity index (χ0) is 19.4. The Balaban J connectivity index is 1.34. The van der Waals surface area contributed by atoms with Gasteiger partial charge in [-0.25, -0.2) is 0 Å². The molecule has 1 aromatic carbocycles. The molecule has 3 heterocycles. The second-order valence-corrected chi connectivity index (χ2v) is 8.20. The Kier molecular flexibility index (Phi) is 3.97. The fourth-order valence-electron chi connectivity index (χ4n) is 5.08. The number of carbonyl (C=O) groups is 4. The molecule has 3 fully saturated rings. The Morgan fingerprint density at radius 2 is 1.68 bits per heavy atom. The van der Waals surface area contributed by atoms with Crippen LogP contribution in [0.5, 0.6) is 0 Å². The van der Waals surface area contributed by atoms with Crippen LogP contribution in [0.15, 0.2) is 18.2 Å². The van der Waals surface area contributed by atoms with E-state index in [9.17, 15) is 19.2 Å². The van der Waals surface area contributed by atoms with Gasteiger partial charge in [0.05, 0.1) is 11.1 Å². The highest BCUT2D eigenvalue weighted by Gasteiger charge is 2.45. The van der Waals surface area contributed by atoms with Crippen LogP contribution in [-0.2, 0) is 9.59 Å². The Labute approximate surface area is 162 Å². The molecule has 0 bridgehead atoms. The summed E-state index contributed by atoms with van der Waals surface area (Å²) in [7, 11) is 0. The van der Waals surface area contributed by atoms with E-state index in [-0.39, 0.29) is 18.7 Å². The molecule has 1 aromatic rings. The number of imide groups is 2. The summed E-state index contributed by atoms with van der Waals surface area (Å²) >= 11 is 0.